The molecule has 10 heteroatoms. The number of pyridine rings is 1. The minimum atomic E-state index is -4.20. The molecule has 3 N–H and O–H groups in total. The zero-order valence-electron chi connectivity index (χ0n) is 10.5. The molecule has 2 rings (SSSR count). The summed E-state index contributed by atoms with van der Waals surface area (Å²) < 4.78 is 39.0. The number of carboxylic acids is 1. The molecule has 0 saturated carbocycles. The van der Waals surface area contributed by atoms with E-state index in [1.54, 1.807) is 0 Å². The van der Waals surface area contributed by atoms with Gasteiger partial charge in [0, 0.05) is 24.5 Å². The predicted molar refractivity (Wildman–Crippen MR) is 68.2 cm³/mol. The number of aliphatic carboxylic acids is 1. The second-order valence-corrected chi connectivity index (χ2v) is 5.85. The van der Waals surface area contributed by atoms with Gasteiger partial charge in [-0.3, -0.25) is 9.78 Å². The number of imidazole rings is 1. The van der Waals surface area contributed by atoms with E-state index in [0.29, 0.717) is 5.69 Å². The molecule has 0 spiro atoms. The Hall–Kier alpha value is -2.33. The fraction of sp³-hybridized carbons (Fsp3) is 0.182. The average molecular weight is 314 g/mol. The molecule has 2 aromatic rings. The molecule has 2 aromatic heterocycles. The minimum absolute atomic E-state index is 0.128. The smallest absolute Gasteiger partial charge is 0.322 e. The molecular weight excluding hydrogens is 303 g/mol. The summed E-state index contributed by atoms with van der Waals surface area (Å²) in [5.74, 6) is -2.20. The summed E-state index contributed by atoms with van der Waals surface area (Å²) in [5.41, 5.74) is 0.447. The molecule has 1 atom stereocenters. The number of hydrogen-bond donors (Lipinski definition) is 3. The van der Waals surface area contributed by atoms with Crippen LogP contribution < -0.4 is 4.72 Å². The van der Waals surface area contributed by atoms with E-state index in [1.165, 1.54) is 12.5 Å². The van der Waals surface area contributed by atoms with Crippen molar-refractivity contribution in [2.24, 2.45) is 0 Å². The number of hydrogen-bond acceptors (Lipinski definition) is 5. The summed E-state index contributed by atoms with van der Waals surface area (Å²) in [6.07, 6.45) is 4.38. The highest BCUT2D eigenvalue weighted by atomic mass is 32.2. The first-order valence-electron chi connectivity index (χ1n) is 5.71. The van der Waals surface area contributed by atoms with Crippen LogP contribution in [0.25, 0.3) is 0 Å². The van der Waals surface area contributed by atoms with E-state index < -0.39 is 32.7 Å². The van der Waals surface area contributed by atoms with Gasteiger partial charge in [-0.15, -0.1) is 0 Å². The number of aromatic amines is 1. The van der Waals surface area contributed by atoms with E-state index >= 15 is 0 Å². The van der Waals surface area contributed by atoms with Crippen molar-refractivity contribution in [2.45, 2.75) is 17.4 Å². The lowest BCUT2D eigenvalue weighted by Crippen LogP contribution is -2.42. The molecule has 0 bridgehead atoms. The molecule has 8 nitrogen and oxygen atoms in total. The van der Waals surface area contributed by atoms with Crippen LogP contribution >= 0.6 is 0 Å². The molecule has 0 amide bonds. The van der Waals surface area contributed by atoms with Gasteiger partial charge in [-0.05, 0) is 6.07 Å². The van der Waals surface area contributed by atoms with Crippen LogP contribution in [-0.2, 0) is 21.2 Å². The third-order valence-corrected chi connectivity index (χ3v) is 4.00. The first-order chi connectivity index (χ1) is 9.88. The van der Waals surface area contributed by atoms with E-state index in [1.807, 2.05) is 4.72 Å². The number of carboxylic acid groups (broad SMARTS) is 1. The lowest BCUT2D eigenvalue weighted by Gasteiger charge is -2.13. The molecule has 21 heavy (non-hydrogen) atoms. The average Bonchev–Trinajstić information content (AvgIpc) is 2.90. The second-order valence-electron chi connectivity index (χ2n) is 4.13. The highest BCUT2D eigenvalue weighted by Gasteiger charge is 2.26. The zero-order chi connectivity index (χ0) is 15.5. The van der Waals surface area contributed by atoms with Crippen LogP contribution in [0.4, 0.5) is 4.39 Å². The Morgan fingerprint density at radius 1 is 1.38 bits per heavy atom. The highest BCUT2D eigenvalue weighted by Crippen LogP contribution is 2.10. The molecule has 2 heterocycles. The van der Waals surface area contributed by atoms with Gasteiger partial charge in [-0.1, -0.05) is 0 Å². The third kappa shape index (κ3) is 3.83. The van der Waals surface area contributed by atoms with Crippen LogP contribution in [0.15, 0.2) is 35.9 Å². The Balaban J connectivity index is 2.21. The zero-order valence-corrected chi connectivity index (χ0v) is 11.3. The molecule has 0 aliphatic rings. The number of sulfonamides is 1. The van der Waals surface area contributed by atoms with Crippen LogP contribution in [0.5, 0.6) is 0 Å². The Morgan fingerprint density at radius 3 is 2.71 bits per heavy atom. The first kappa shape index (κ1) is 15.1. The van der Waals surface area contributed by atoms with Crippen molar-refractivity contribution in [3.8, 4) is 0 Å². The SMILES string of the molecule is O=C(O)C(Cc1cnc[nH]1)NS(=O)(=O)c1cncc(F)c1. The van der Waals surface area contributed by atoms with Crippen molar-refractivity contribution in [2.75, 3.05) is 0 Å². The number of carbonyl (C=O) groups is 1. The van der Waals surface area contributed by atoms with Crippen LogP contribution in [-0.4, -0.2) is 40.5 Å². The van der Waals surface area contributed by atoms with Gasteiger partial charge >= 0.3 is 5.97 Å². The van der Waals surface area contributed by atoms with E-state index in [-0.39, 0.29) is 6.42 Å². The van der Waals surface area contributed by atoms with Gasteiger partial charge in [0.2, 0.25) is 10.0 Å². The van der Waals surface area contributed by atoms with Crippen molar-refractivity contribution in [3.05, 3.63) is 42.5 Å². The topological polar surface area (TPSA) is 125 Å². The molecule has 1 unspecified atom stereocenters. The summed E-state index contributed by atoms with van der Waals surface area (Å²) in [5, 5.41) is 9.09. The minimum Gasteiger partial charge on any atom is -0.480 e. The standard InChI is InChI=1S/C11H11FN4O4S/c12-7-1-9(5-13-3-7)21(19,20)16-10(11(17)18)2-8-4-14-6-15-8/h1,3-6,10,16H,2H2,(H,14,15)(H,17,18). The van der Waals surface area contributed by atoms with Gasteiger partial charge in [-0.25, -0.2) is 17.8 Å². The normalized spacial score (nSPS) is 13.0. The van der Waals surface area contributed by atoms with Crippen LogP contribution in [0.3, 0.4) is 0 Å². The number of rotatable bonds is 6. The van der Waals surface area contributed by atoms with Crippen LogP contribution in [0.2, 0.25) is 0 Å². The van der Waals surface area contributed by atoms with Crippen molar-refractivity contribution >= 4 is 16.0 Å². The lowest BCUT2D eigenvalue weighted by molar-refractivity contribution is -0.138. The second kappa shape index (κ2) is 5.97. The van der Waals surface area contributed by atoms with Gasteiger partial charge in [0.15, 0.2) is 0 Å². The van der Waals surface area contributed by atoms with Gasteiger partial charge < -0.3 is 10.1 Å². The number of aromatic nitrogens is 3. The van der Waals surface area contributed by atoms with Gasteiger partial charge in [0.1, 0.15) is 16.8 Å². The van der Waals surface area contributed by atoms with Gasteiger partial charge in [-0.2, -0.15) is 4.72 Å². The summed E-state index contributed by atoms with van der Waals surface area (Å²) >= 11 is 0. The highest BCUT2D eigenvalue weighted by molar-refractivity contribution is 7.89. The predicted octanol–water partition coefficient (Wildman–Crippen LogP) is -0.0820. The Morgan fingerprint density at radius 2 is 2.14 bits per heavy atom. The van der Waals surface area contributed by atoms with E-state index in [2.05, 4.69) is 15.0 Å². The van der Waals surface area contributed by atoms with E-state index in [9.17, 15) is 17.6 Å². The van der Waals surface area contributed by atoms with Crippen molar-refractivity contribution < 1.29 is 22.7 Å². The number of nitrogens with one attached hydrogen (secondary N) is 2. The van der Waals surface area contributed by atoms with Gasteiger partial charge in [0.05, 0.1) is 12.5 Å². The summed E-state index contributed by atoms with van der Waals surface area (Å²) in [7, 11) is -4.20. The molecule has 0 saturated heterocycles. The first-order valence-corrected chi connectivity index (χ1v) is 7.20. The van der Waals surface area contributed by atoms with E-state index in [4.69, 9.17) is 5.11 Å². The Labute approximate surface area is 119 Å². The maximum atomic E-state index is 13.0. The third-order valence-electron chi connectivity index (χ3n) is 2.56. The number of H-pyrrole nitrogens is 1. The maximum Gasteiger partial charge on any atom is 0.322 e. The summed E-state index contributed by atoms with van der Waals surface area (Å²) in [6.45, 7) is 0. The number of halogens is 1. The summed E-state index contributed by atoms with van der Waals surface area (Å²) in [4.78, 5) is 20.5. The van der Waals surface area contributed by atoms with Crippen molar-refractivity contribution in [3.63, 3.8) is 0 Å². The van der Waals surface area contributed by atoms with Gasteiger partial charge in [0.25, 0.3) is 0 Å². The maximum absolute atomic E-state index is 13.0. The molecule has 0 radical (unpaired) electrons. The largest absolute Gasteiger partial charge is 0.480 e. The monoisotopic (exact) mass is 314 g/mol. The molecule has 0 aliphatic heterocycles. The fourth-order valence-corrected chi connectivity index (χ4v) is 2.75. The Bertz CT molecular complexity index is 732. The van der Waals surface area contributed by atoms with Crippen molar-refractivity contribution in [1.29, 1.82) is 0 Å². The Kier molecular flexibility index (Phi) is 4.29. The lowest BCUT2D eigenvalue weighted by atomic mass is 10.2. The molecule has 112 valence electrons. The molecule has 0 fully saturated rings. The molecular formula is C11H11FN4O4S. The quantitative estimate of drug-likeness (QED) is 0.685. The van der Waals surface area contributed by atoms with Crippen LogP contribution in [0.1, 0.15) is 5.69 Å². The molecule has 0 aliphatic carbocycles. The van der Waals surface area contributed by atoms with Crippen LogP contribution in [0, 0.1) is 5.82 Å². The summed E-state index contributed by atoms with van der Waals surface area (Å²) in [6, 6.07) is -0.663. The van der Waals surface area contributed by atoms with E-state index in [0.717, 1.165) is 18.5 Å². The fourth-order valence-electron chi connectivity index (χ4n) is 1.59. The molecule has 0 aromatic carbocycles. The number of nitrogens with zero attached hydrogens (tertiary/aromatic N) is 2. The van der Waals surface area contributed by atoms with Crippen molar-refractivity contribution in [1.82, 2.24) is 19.7 Å².